The second-order valence-electron chi connectivity index (χ2n) is 4.93. The number of benzene rings is 1. The summed E-state index contributed by atoms with van der Waals surface area (Å²) in [6.45, 7) is 0.456. The number of phenolic OH excluding ortho intramolecular Hbond substituents is 1. The Morgan fingerprint density at radius 3 is 2.71 bits per heavy atom. The van der Waals surface area contributed by atoms with Gasteiger partial charge in [-0.05, 0) is 30.9 Å². The van der Waals surface area contributed by atoms with Crippen LogP contribution in [0.3, 0.4) is 0 Å². The van der Waals surface area contributed by atoms with Crippen molar-refractivity contribution in [1.29, 1.82) is 0 Å². The van der Waals surface area contributed by atoms with E-state index in [1.54, 1.807) is 23.1 Å². The summed E-state index contributed by atoms with van der Waals surface area (Å²) in [5.74, 6) is 0.912. The molecule has 4 rings (SSSR count). The van der Waals surface area contributed by atoms with Crippen LogP contribution in [0.2, 0.25) is 0 Å². The minimum absolute atomic E-state index is 0.0424. The predicted molar refractivity (Wildman–Crippen MR) is 64.6 cm³/mol. The fourth-order valence-electron chi connectivity index (χ4n) is 3.01. The van der Waals surface area contributed by atoms with Crippen LogP contribution in [0.5, 0.6) is 5.75 Å². The van der Waals surface area contributed by atoms with Crippen LogP contribution in [0.1, 0.15) is 12.8 Å². The van der Waals surface area contributed by atoms with Gasteiger partial charge in [-0.2, -0.15) is 0 Å². The van der Waals surface area contributed by atoms with Gasteiger partial charge in [0.25, 0.3) is 0 Å². The number of hydrogen-bond donors (Lipinski definition) is 2. The summed E-state index contributed by atoms with van der Waals surface area (Å²) in [5, 5.41) is 9.86. The van der Waals surface area contributed by atoms with Gasteiger partial charge in [0.1, 0.15) is 5.75 Å². The first-order valence-electron chi connectivity index (χ1n) is 6.03. The Bertz CT molecular complexity index is 454. The highest BCUT2D eigenvalue weighted by molar-refractivity contribution is 5.99. The number of piperidine rings is 2. The lowest BCUT2D eigenvalue weighted by atomic mass is 9.66. The van der Waals surface area contributed by atoms with Gasteiger partial charge in [-0.15, -0.1) is 0 Å². The Labute approximate surface area is 100 Å². The number of rotatable bonds is 2. The number of fused-ring (bicyclic) bond motifs is 2. The summed E-state index contributed by atoms with van der Waals surface area (Å²) < 4.78 is 0. The van der Waals surface area contributed by atoms with Crippen molar-refractivity contribution >= 4 is 11.6 Å². The number of carbonyl (C=O) groups is 1. The number of nitrogens with two attached hydrogens (primary N) is 1. The van der Waals surface area contributed by atoms with Crippen molar-refractivity contribution < 1.29 is 9.90 Å². The van der Waals surface area contributed by atoms with Crippen molar-refractivity contribution in [3.63, 3.8) is 0 Å². The van der Waals surface area contributed by atoms with E-state index in [9.17, 15) is 9.90 Å². The Balaban J connectivity index is 2.00. The molecule has 17 heavy (non-hydrogen) atoms. The van der Waals surface area contributed by atoms with Crippen LogP contribution in [-0.4, -0.2) is 23.6 Å². The molecule has 3 N–H and O–H groups in total. The van der Waals surface area contributed by atoms with Gasteiger partial charge >= 0.3 is 0 Å². The van der Waals surface area contributed by atoms with E-state index in [4.69, 9.17) is 5.73 Å². The van der Waals surface area contributed by atoms with Gasteiger partial charge in [0.05, 0.1) is 11.7 Å². The maximum Gasteiger partial charge on any atom is 0.230 e. The van der Waals surface area contributed by atoms with E-state index < -0.39 is 0 Å². The van der Waals surface area contributed by atoms with Gasteiger partial charge in [-0.3, -0.25) is 4.79 Å². The lowest BCUT2D eigenvalue weighted by Gasteiger charge is -2.51. The third-order valence-electron chi connectivity index (χ3n) is 4.02. The molecule has 3 fully saturated rings. The largest absolute Gasteiger partial charge is 0.506 e. The van der Waals surface area contributed by atoms with Gasteiger partial charge in [0.2, 0.25) is 5.91 Å². The van der Waals surface area contributed by atoms with E-state index in [1.165, 1.54) is 0 Å². The second-order valence-corrected chi connectivity index (χ2v) is 4.93. The molecule has 4 nitrogen and oxygen atoms in total. The molecular weight excluding hydrogens is 216 g/mol. The first-order valence-corrected chi connectivity index (χ1v) is 6.03. The average molecular weight is 232 g/mol. The summed E-state index contributed by atoms with van der Waals surface area (Å²) >= 11 is 0. The zero-order valence-electron chi connectivity index (χ0n) is 9.54. The van der Waals surface area contributed by atoms with Crippen molar-refractivity contribution in [2.75, 3.05) is 11.4 Å². The molecule has 1 unspecified atom stereocenters. The highest BCUT2D eigenvalue weighted by Gasteiger charge is 2.50. The number of anilines is 1. The van der Waals surface area contributed by atoms with Crippen molar-refractivity contribution in [2.45, 2.75) is 18.9 Å². The summed E-state index contributed by atoms with van der Waals surface area (Å²) in [4.78, 5) is 14.0. The maximum atomic E-state index is 12.2. The van der Waals surface area contributed by atoms with Crippen LogP contribution in [0.4, 0.5) is 5.69 Å². The van der Waals surface area contributed by atoms with E-state index in [1.807, 2.05) is 6.07 Å². The molecule has 2 saturated heterocycles. The van der Waals surface area contributed by atoms with Crippen molar-refractivity contribution in [3.8, 4) is 5.75 Å². The summed E-state index contributed by atoms with van der Waals surface area (Å²) in [7, 11) is 0. The first-order chi connectivity index (χ1) is 8.22. The average Bonchev–Trinajstić information content (AvgIpc) is 2.27. The van der Waals surface area contributed by atoms with Crippen LogP contribution in [-0.2, 0) is 4.79 Å². The lowest BCUT2D eigenvalue weighted by molar-refractivity contribution is -0.132. The van der Waals surface area contributed by atoms with Crippen LogP contribution >= 0.6 is 0 Å². The maximum absolute atomic E-state index is 12.2. The molecule has 2 heterocycles. The summed E-state index contributed by atoms with van der Waals surface area (Å²) in [6, 6.07) is 7.01. The van der Waals surface area contributed by atoms with E-state index in [-0.39, 0.29) is 23.6 Å². The molecule has 3 aliphatic rings. The topological polar surface area (TPSA) is 66.6 Å². The highest BCUT2D eigenvalue weighted by Crippen LogP contribution is 2.47. The minimum Gasteiger partial charge on any atom is -0.506 e. The fourth-order valence-corrected chi connectivity index (χ4v) is 3.01. The monoisotopic (exact) mass is 232 g/mol. The highest BCUT2D eigenvalue weighted by atomic mass is 16.3. The Hall–Kier alpha value is -1.55. The predicted octanol–water partition coefficient (Wildman–Crippen LogP) is 1.09. The molecule has 1 aromatic rings. The van der Waals surface area contributed by atoms with E-state index in [2.05, 4.69) is 0 Å². The molecule has 2 bridgehead atoms. The van der Waals surface area contributed by atoms with Gasteiger partial charge < -0.3 is 15.7 Å². The van der Waals surface area contributed by atoms with Crippen LogP contribution in [0.15, 0.2) is 24.3 Å². The SMILES string of the molecule is NCC1C2CC(C2)C(=O)N1c1ccccc1O. The Kier molecular flexibility index (Phi) is 2.33. The third kappa shape index (κ3) is 1.44. The number of nitrogens with zero attached hydrogens (tertiary/aromatic N) is 1. The molecule has 1 amide bonds. The number of amides is 1. The number of para-hydroxylation sites is 2. The van der Waals surface area contributed by atoms with Gasteiger partial charge in [0.15, 0.2) is 0 Å². The quantitative estimate of drug-likeness (QED) is 0.802. The molecule has 0 radical (unpaired) electrons. The van der Waals surface area contributed by atoms with Crippen LogP contribution in [0, 0.1) is 11.8 Å². The number of aromatic hydroxyl groups is 1. The van der Waals surface area contributed by atoms with Gasteiger partial charge in [0, 0.05) is 12.5 Å². The van der Waals surface area contributed by atoms with Crippen LogP contribution in [0.25, 0.3) is 0 Å². The molecule has 1 aliphatic carbocycles. The molecule has 0 aromatic heterocycles. The number of phenols is 1. The number of hydrogen-bond acceptors (Lipinski definition) is 3. The lowest BCUT2D eigenvalue weighted by Crippen LogP contribution is -2.62. The molecule has 1 atom stereocenters. The normalized spacial score (nSPS) is 31.2. The molecule has 1 saturated carbocycles. The molecule has 1 aromatic carbocycles. The molecule has 0 spiro atoms. The van der Waals surface area contributed by atoms with Crippen LogP contribution < -0.4 is 10.6 Å². The molecule has 2 aliphatic heterocycles. The smallest absolute Gasteiger partial charge is 0.230 e. The van der Waals surface area contributed by atoms with E-state index >= 15 is 0 Å². The van der Waals surface area contributed by atoms with E-state index in [0.717, 1.165) is 12.8 Å². The van der Waals surface area contributed by atoms with Gasteiger partial charge in [-0.25, -0.2) is 0 Å². The zero-order chi connectivity index (χ0) is 12.0. The molecule has 90 valence electrons. The van der Waals surface area contributed by atoms with E-state index in [0.29, 0.717) is 18.2 Å². The zero-order valence-corrected chi connectivity index (χ0v) is 9.54. The summed E-state index contributed by atoms with van der Waals surface area (Å²) in [5.41, 5.74) is 6.38. The minimum atomic E-state index is 0.0424. The van der Waals surface area contributed by atoms with Gasteiger partial charge in [-0.1, -0.05) is 12.1 Å². The number of carbonyl (C=O) groups excluding carboxylic acids is 1. The molecular formula is C13H16N2O2. The first kappa shape index (κ1) is 10.6. The Morgan fingerprint density at radius 1 is 1.35 bits per heavy atom. The second kappa shape index (κ2) is 3.74. The Morgan fingerprint density at radius 2 is 2.06 bits per heavy atom. The van der Waals surface area contributed by atoms with Crippen molar-refractivity contribution in [3.05, 3.63) is 24.3 Å². The van der Waals surface area contributed by atoms with Crippen molar-refractivity contribution in [1.82, 2.24) is 0 Å². The fraction of sp³-hybridized carbons (Fsp3) is 0.462. The standard InChI is InChI=1S/C13H16N2O2/c14-7-11-8-5-9(6-8)13(17)15(11)10-3-1-2-4-12(10)16/h1-4,8-9,11,16H,5-7,14H2. The molecule has 4 heteroatoms. The summed E-state index contributed by atoms with van der Waals surface area (Å²) in [6.07, 6.45) is 1.93. The van der Waals surface area contributed by atoms with Crippen molar-refractivity contribution in [2.24, 2.45) is 17.6 Å². The third-order valence-corrected chi connectivity index (χ3v) is 4.02.